The number of rotatable bonds is 13. The van der Waals surface area contributed by atoms with Crippen LogP contribution in [-0.4, -0.2) is 144 Å². The molecule has 5 atom stereocenters. The molecule has 2 N–H and O–H groups in total. The lowest BCUT2D eigenvalue weighted by Crippen LogP contribution is -2.66. The standard InChI is InChI=1S/C57H59Cl2FN12O5/c1-33(2)77-48-29-41(76-5)15-16-43(48)55-64-52(36-6-10-38(58)11-7-36)53(37-8-12-39(59)13-9-37)72(55)57(75)69-26-27-70(51(73)32-69)47-20-19-46(47)67-22-24-68(25-23-67)56(74)44-31-71(50-28-34(3)65-66-50)54-42(44)17-21-49(63-54)62-35(4)45-18-14-40(60)30-61-45/h6-18,21,28-31,33,35,46-47,52-53H,19-20,22-27,32H2,1-5H3,(H,62,63)(H,65,66)/t35-,46?,47?,52-,53+/m0/s1. The van der Waals surface area contributed by atoms with Crippen molar-refractivity contribution in [2.45, 2.75) is 76.8 Å². The van der Waals surface area contributed by atoms with Gasteiger partial charge in [-0.15, -0.1) is 0 Å². The average Bonchev–Trinajstić information content (AvgIpc) is 4.24. The summed E-state index contributed by atoms with van der Waals surface area (Å²) < 4.78 is 27.4. The molecule has 0 spiro atoms. The van der Waals surface area contributed by atoms with Gasteiger partial charge in [0.25, 0.3) is 5.91 Å². The van der Waals surface area contributed by atoms with Crippen LogP contribution >= 0.6 is 23.2 Å². The minimum Gasteiger partial charge on any atom is -0.497 e. The first-order chi connectivity index (χ1) is 37.2. The Morgan fingerprint density at radius 1 is 0.831 bits per heavy atom. The van der Waals surface area contributed by atoms with Gasteiger partial charge in [-0.2, -0.15) is 5.10 Å². The highest BCUT2D eigenvalue weighted by Gasteiger charge is 2.48. The number of carbonyl (C=O) groups excluding carboxylic acids is 3. The summed E-state index contributed by atoms with van der Waals surface area (Å²) in [6.07, 6.45) is 4.56. The molecule has 20 heteroatoms. The highest BCUT2D eigenvalue weighted by atomic mass is 35.5. The van der Waals surface area contributed by atoms with E-state index in [0.29, 0.717) is 106 Å². The summed E-state index contributed by atoms with van der Waals surface area (Å²) in [7, 11) is 1.59. The quantitative estimate of drug-likeness (QED) is 0.113. The zero-order chi connectivity index (χ0) is 53.6. The van der Waals surface area contributed by atoms with Crippen LogP contribution in [0.2, 0.25) is 10.0 Å². The molecule has 4 amide bonds. The van der Waals surface area contributed by atoms with Crippen LogP contribution in [0.3, 0.4) is 0 Å². The molecule has 3 aromatic carbocycles. The zero-order valence-corrected chi connectivity index (χ0v) is 44.9. The number of carbonyl (C=O) groups is 3. The number of H-pyrrole nitrogens is 1. The summed E-state index contributed by atoms with van der Waals surface area (Å²) >= 11 is 12.8. The van der Waals surface area contributed by atoms with E-state index in [4.69, 9.17) is 42.7 Å². The number of aliphatic imine (C=N–C) groups is 1. The summed E-state index contributed by atoms with van der Waals surface area (Å²) in [5.41, 5.74) is 4.87. The van der Waals surface area contributed by atoms with Crippen molar-refractivity contribution in [1.82, 2.24) is 49.2 Å². The molecule has 7 heterocycles. The van der Waals surface area contributed by atoms with Gasteiger partial charge in [0.1, 0.15) is 47.2 Å². The largest absolute Gasteiger partial charge is 0.497 e. The van der Waals surface area contributed by atoms with Crippen molar-refractivity contribution in [2.75, 3.05) is 58.2 Å². The Labute approximate surface area is 455 Å². The highest BCUT2D eigenvalue weighted by Crippen LogP contribution is 2.46. The maximum atomic E-state index is 15.4. The Hall–Kier alpha value is -7.54. The van der Waals surface area contributed by atoms with E-state index in [2.05, 4.69) is 25.4 Å². The summed E-state index contributed by atoms with van der Waals surface area (Å²) in [6.45, 7) is 10.6. The van der Waals surface area contributed by atoms with Crippen molar-refractivity contribution in [2.24, 2.45) is 4.99 Å². The zero-order valence-electron chi connectivity index (χ0n) is 43.4. The first-order valence-electron chi connectivity index (χ1n) is 26.0. The number of aromatic nitrogens is 5. The third kappa shape index (κ3) is 10.3. The monoisotopic (exact) mass is 1080 g/mol. The van der Waals surface area contributed by atoms with Gasteiger partial charge in [0.15, 0.2) is 5.82 Å². The van der Waals surface area contributed by atoms with Gasteiger partial charge in [-0.3, -0.25) is 39.0 Å². The molecular weight excluding hydrogens is 1020 g/mol. The van der Waals surface area contributed by atoms with E-state index < -0.39 is 17.9 Å². The van der Waals surface area contributed by atoms with Crippen LogP contribution < -0.4 is 14.8 Å². The van der Waals surface area contributed by atoms with E-state index in [-0.39, 0.29) is 48.6 Å². The molecule has 77 heavy (non-hydrogen) atoms. The molecule has 11 rings (SSSR count). The van der Waals surface area contributed by atoms with E-state index >= 15 is 4.79 Å². The molecule has 2 saturated heterocycles. The second kappa shape index (κ2) is 21.5. The van der Waals surface area contributed by atoms with Crippen molar-refractivity contribution in [3.8, 4) is 17.3 Å². The van der Waals surface area contributed by atoms with E-state index in [1.165, 1.54) is 12.3 Å². The summed E-state index contributed by atoms with van der Waals surface area (Å²) in [6, 6.07) is 27.3. The van der Waals surface area contributed by atoms with Crippen LogP contribution in [0.4, 0.5) is 15.0 Å². The molecule has 398 valence electrons. The Balaban J connectivity index is 0.792. The number of amides is 4. The molecule has 7 aromatic rings. The second-order valence-corrected chi connectivity index (χ2v) is 21.2. The van der Waals surface area contributed by atoms with Crippen LogP contribution in [-0.2, 0) is 4.79 Å². The Bertz CT molecular complexity index is 3360. The van der Waals surface area contributed by atoms with Gasteiger partial charge < -0.3 is 29.5 Å². The molecule has 17 nitrogen and oxygen atoms in total. The first kappa shape index (κ1) is 51.6. The number of nitrogens with one attached hydrogen (secondary N) is 2. The van der Waals surface area contributed by atoms with E-state index in [1.54, 1.807) is 47.4 Å². The fraction of sp³-hybridized carbons (Fsp3) is 0.351. The molecule has 0 bridgehead atoms. The maximum absolute atomic E-state index is 15.4. The topological polar surface area (TPSA) is 170 Å². The molecule has 4 aromatic heterocycles. The molecule has 3 fully saturated rings. The highest BCUT2D eigenvalue weighted by molar-refractivity contribution is 6.30. The summed E-state index contributed by atoms with van der Waals surface area (Å²) in [5.74, 6) is 2.04. The number of aromatic amines is 1. The smallest absolute Gasteiger partial charge is 0.326 e. The molecule has 2 unspecified atom stereocenters. The minimum atomic E-state index is -0.618. The number of urea groups is 1. The predicted molar refractivity (Wildman–Crippen MR) is 293 cm³/mol. The number of ether oxygens (including phenoxy) is 2. The number of piperazine rings is 2. The van der Waals surface area contributed by atoms with Crippen molar-refractivity contribution in [3.63, 3.8) is 0 Å². The van der Waals surface area contributed by atoms with Crippen LogP contribution in [0.25, 0.3) is 16.9 Å². The minimum absolute atomic E-state index is 0.0252. The van der Waals surface area contributed by atoms with Crippen molar-refractivity contribution in [1.29, 1.82) is 0 Å². The molecule has 1 aliphatic carbocycles. The molecule has 4 aliphatic rings. The molecular formula is C57H59Cl2FN12O5. The maximum Gasteiger partial charge on any atom is 0.326 e. The number of halogens is 3. The third-order valence-electron chi connectivity index (χ3n) is 15.1. The number of methoxy groups -OCH3 is 1. The number of fused-ring (bicyclic) bond motifs is 1. The third-order valence-corrected chi connectivity index (χ3v) is 15.6. The van der Waals surface area contributed by atoms with E-state index in [9.17, 15) is 14.0 Å². The van der Waals surface area contributed by atoms with Gasteiger partial charge in [0.05, 0.1) is 48.3 Å². The number of hydrogen-bond acceptors (Lipinski definition) is 11. The number of anilines is 1. The molecule has 1 saturated carbocycles. The van der Waals surface area contributed by atoms with Crippen LogP contribution in [0.5, 0.6) is 11.5 Å². The van der Waals surface area contributed by atoms with Crippen LogP contribution in [0, 0.1) is 12.7 Å². The van der Waals surface area contributed by atoms with Gasteiger partial charge in [0, 0.05) is 90.8 Å². The van der Waals surface area contributed by atoms with Crippen molar-refractivity contribution in [3.05, 3.63) is 159 Å². The fourth-order valence-corrected chi connectivity index (χ4v) is 11.3. The van der Waals surface area contributed by atoms with Gasteiger partial charge in [-0.1, -0.05) is 47.5 Å². The normalized spacial score (nSPS) is 20.4. The number of amidine groups is 1. The van der Waals surface area contributed by atoms with Crippen molar-refractivity contribution < 1.29 is 28.2 Å². The number of pyridine rings is 2. The predicted octanol–water partition coefficient (Wildman–Crippen LogP) is 9.66. The number of aryl methyl sites for hydroxylation is 1. The number of hydrogen-bond donors (Lipinski definition) is 2. The fourth-order valence-electron chi connectivity index (χ4n) is 11.0. The Kier molecular flexibility index (Phi) is 14.4. The van der Waals surface area contributed by atoms with Gasteiger partial charge in [-0.05, 0) is 112 Å². The lowest BCUT2D eigenvalue weighted by atomic mass is 9.82. The number of nitrogens with zero attached hydrogens (tertiary/aromatic N) is 10. The summed E-state index contributed by atoms with van der Waals surface area (Å²) in [5, 5.41) is 12.7. The van der Waals surface area contributed by atoms with E-state index in [1.807, 2.05) is 109 Å². The number of benzene rings is 3. The SMILES string of the molecule is COc1ccc(C2=N[C@@H](c3ccc(Cl)cc3)[C@@H](c3ccc(Cl)cc3)N2C(=O)N2CCN(C3CCC3N3CCN(C(=O)c4cn(-c5cc(C)[nH]n5)c5nc(N[C@@H](C)c6ccc(F)cn6)ccc45)CC3)C(=O)C2)c(OC(C)C)c1. The van der Waals surface area contributed by atoms with Crippen molar-refractivity contribution >= 4 is 63.7 Å². The van der Waals surface area contributed by atoms with Gasteiger partial charge in [0.2, 0.25) is 5.91 Å². The van der Waals surface area contributed by atoms with Crippen LogP contribution in [0.15, 0.2) is 114 Å². The first-order valence-corrected chi connectivity index (χ1v) is 26.7. The molecule has 3 aliphatic heterocycles. The lowest BCUT2D eigenvalue weighted by molar-refractivity contribution is -0.143. The molecule has 0 radical (unpaired) electrons. The van der Waals surface area contributed by atoms with E-state index in [0.717, 1.165) is 29.7 Å². The summed E-state index contributed by atoms with van der Waals surface area (Å²) in [4.78, 5) is 68.5. The van der Waals surface area contributed by atoms with Gasteiger partial charge >= 0.3 is 6.03 Å². The Morgan fingerprint density at radius 2 is 1.55 bits per heavy atom. The lowest BCUT2D eigenvalue weighted by Gasteiger charge is -2.52. The van der Waals surface area contributed by atoms with Gasteiger partial charge in [-0.25, -0.2) is 14.2 Å². The average molecular weight is 1080 g/mol. The van der Waals surface area contributed by atoms with Crippen LogP contribution in [0.1, 0.15) is 90.2 Å². The Morgan fingerprint density at radius 3 is 2.18 bits per heavy atom. The second-order valence-electron chi connectivity index (χ2n) is 20.3.